The van der Waals surface area contributed by atoms with Crippen molar-refractivity contribution >= 4 is 29.3 Å². The summed E-state index contributed by atoms with van der Waals surface area (Å²) in [5.41, 5.74) is 0.252. The van der Waals surface area contributed by atoms with Crippen molar-refractivity contribution in [1.29, 1.82) is 0 Å². The lowest BCUT2D eigenvalue weighted by molar-refractivity contribution is -0.153. The number of anilines is 1. The molecule has 5 rings (SSSR count). The van der Waals surface area contributed by atoms with Crippen LogP contribution in [-0.4, -0.2) is 52.2 Å². The molecule has 0 aromatic heterocycles. The second kappa shape index (κ2) is 7.71. The number of hydrogen-bond acceptors (Lipinski definition) is 5. The van der Waals surface area contributed by atoms with Crippen molar-refractivity contribution in [2.45, 2.75) is 88.9 Å². The SMILES string of the molecule is CC(=O)CC1N(C2CCCCCC2)C(=O)C2N(c3ccccc3C)C(=O)C3CC(=O)OC321. The third-order valence-electron chi connectivity index (χ3n) is 7.85. The van der Waals surface area contributed by atoms with Crippen molar-refractivity contribution in [2.75, 3.05) is 4.90 Å². The largest absolute Gasteiger partial charge is 0.453 e. The summed E-state index contributed by atoms with van der Waals surface area (Å²) in [7, 11) is 0. The molecule has 170 valence electrons. The fourth-order valence-electron chi connectivity index (χ4n) is 6.55. The van der Waals surface area contributed by atoms with Crippen molar-refractivity contribution in [3.05, 3.63) is 29.8 Å². The van der Waals surface area contributed by atoms with Crippen LogP contribution in [0.4, 0.5) is 5.69 Å². The number of hydrogen-bond donors (Lipinski definition) is 0. The highest BCUT2D eigenvalue weighted by atomic mass is 16.6. The van der Waals surface area contributed by atoms with Gasteiger partial charge in [0.2, 0.25) is 5.91 Å². The lowest BCUT2D eigenvalue weighted by Gasteiger charge is -2.38. The van der Waals surface area contributed by atoms with Crippen LogP contribution >= 0.6 is 0 Å². The fourth-order valence-corrected chi connectivity index (χ4v) is 6.55. The minimum Gasteiger partial charge on any atom is -0.453 e. The summed E-state index contributed by atoms with van der Waals surface area (Å²) in [5, 5.41) is 0. The number of carbonyl (C=O) groups is 4. The summed E-state index contributed by atoms with van der Waals surface area (Å²) in [6, 6.07) is 5.97. The highest BCUT2D eigenvalue weighted by Gasteiger charge is 2.77. The minimum absolute atomic E-state index is 0.00287. The molecule has 4 unspecified atom stereocenters. The van der Waals surface area contributed by atoms with Gasteiger partial charge in [0.05, 0.1) is 18.4 Å². The van der Waals surface area contributed by atoms with Gasteiger partial charge in [0.1, 0.15) is 5.78 Å². The van der Waals surface area contributed by atoms with Gasteiger partial charge in [-0.2, -0.15) is 0 Å². The van der Waals surface area contributed by atoms with Crippen LogP contribution in [-0.2, 0) is 23.9 Å². The second-order valence-corrected chi connectivity index (χ2v) is 9.79. The molecule has 2 amide bonds. The lowest BCUT2D eigenvalue weighted by Crippen LogP contribution is -2.54. The Morgan fingerprint density at radius 3 is 2.41 bits per heavy atom. The topological polar surface area (TPSA) is 84.0 Å². The molecule has 1 aromatic carbocycles. The zero-order valence-corrected chi connectivity index (χ0v) is 18.7. The number of aryl methyl sites for hydroxylation is 1. The van der Waals surface area contributed by atoms with Crippen LogP contribution < -0.4 is 4.90 Å². The highest BCUT2D eigenvalue weighted by molar-refractivity contribution is 6.12. The summed E-state index contributed by atoms with van der Waals surface area (Å²) in [4.78, 5) is 56.1. The minimum atomic E-state index is -1.30. The molecule has 1 saturated carbocycles. The van der Waals surface area contributed by atoms with Crippen molar-refractivity contribution in [1.82, 2.24) is 4.90 Å². The number of benzene rings is 1. The average Bonchev–Trinajstić information content (AvgIpc) is 3.14. The molecule has 32 heavy (non-hydrogen) atoms. The molecule has 3 saturated heterocycles. The predicted molar refractivity (Wildman–Crippen MR) is 117 cm³/mol. The van der Waals surface area contributed by atoms with E-state index in [1.165, 1.54) is 6.92 Å². The Bertz CT molecular complexity index is 982. The Balaban J connectivity index is 1.66. The van der Waals surface area contributed by atoms with E-state index in [9.17, 15) is 19.2 Å². The van der Waals surface area contributed by atoms with E-state index in [0.717, 1.165) is 44.1 Å². The van der Waals surface area contributed by atoms with Gasteiger partial charge in [-0.25, -0.2) is 0 Å². The molecule has 1 spiro atoms. The molecule has 4 aliphatic rings. The van der Waals surface area contributed by atoms with Crippen molar-refractivity contribution in [3.8, 4) is 0 Å². The maximum absolute atomic E-state index is 14.1. The molecule has 7 heteroatoms. The number of esters is 1. The summed E-state index contributed by atoms with van der Waals surface area (Å²) in [5.74, 6) is -1.71. The van der Waals surface area contributed by atoms with E-state index < -0.39 is 29.6 Å². The number of carbonyl (C=O) groups excluding carboxylic acids is 4. The van der Waals surface area contributed by atoms with Gasteiger partial charge in [-0.3, -0.25) is 24.1 Å². The van der Waals surface area contributed by atoms with Crippen LogP contribution in [0, 0.1) is 12.8 Å². The number of Topliss-reactive ketones (excluding diaryl/α,β-unsaturated/α-hetero) is 1. The van der Waals surface area contributed by atoms with Gasteiger partial charge in [0.25, 0.3) is 5.91 Å². The Hall–Kier alpha value is -2.70. The maximum Gasteiger partial charge on any atom is 0.307 e. The van der Waals surface area contributed by atoms with Gasteiger partial charge in [0.15, 0.2) is 11.6 Å². The zero-order chi connectivity index (χ0) is 22.6. The molecule has 0 radical (unpaired) electrons. The van der Waals surface area contributed by atoms with E-state index in [2.05, 4.69) is 0 Å². The molecule has 3 heterocycles. The van der Waals surface area contributed by atoms with Crippen LogP contribution in [0.3, 0.4) is 0 Å². The highest BCUT2D eigenvalue weighted by Crippen LogP contribution is 2.56. The molecule has 0 N–H and O–H groups in total. The molecule has 1 aliphatic carbocycles. The van der Waals surface area contributed by atoms with Crippen molar-refractivity contribution < 1.29 is 23.9 Å². The standard InChI is InChI=1S/C25H30N2O5/c1-15-9-7-8-12-19(15)27-22-24(31)26(17-10-5-3-4-6-11-17)20(13-16(2)28)25(22)18(23(27)30)14-21(29)32-25/h7-9,12,17-18,20,22H,3-6,10-11,13-14H2,1-2H3. The maximum atomic E-state index is 14.1. The quantitative estimate of drug-likeness (QED) is 0.533. The number of nitrogens with zero attached hydrogens (tertiary/aromatic N) is 2. The van der Waals surface area contributed by atoms with E-state index in [0.29, 0.717) is 5.69 Å². The van der Waals surface area contributed by atoms with Crippen LogP contribution in [0.5, 0.6) is 0 Å². The van der Waals surface area contributed by atoms with Gasteiger partial charge in [-0.05, 0) is 38.3 Å². The molecule has 0 bridgehead atoms. The normalized spacial score (nSPS) is 32.7. The average molecular weight is 439 g/mol. The first-order valence-electron chi connectivity index (χ1n) is 11.8. The number of ketones is 1. The van der Waals surface area contributed by atoms with Gasteiger partial charge < -0.3 is 9.64 Å². The van der Waals surface area contributed by atoms with E-state index in [1.54, 1.807) is 4.90 Å². The Labute approximate surface area is 188 Å². The van der Waals surface area contributed by atoms with Gasteiger partial charge in [-0.1, -0.05) is 43.9 Å². The first-order valence-corrected chi connectivity index (χ1v) is 11.8. The molecule has 4 fully saturated rings. The molecule has 3 aliphatic heterocycles. The van der Waals surface area contributed by atoms with Gasteiger partial charge in [0, 0.05) is 18.2 Å². The van der Waals surface area contributed by atoms with Crippen LogP contribution in [0.1, 0.15) is 63.9 Å². The van der Waals surface area contributed by atoms with E-state index in [-0.39, 0.29) is 36.5 Å². The smallest absolute Gasteiger partial charge is 0.307 e. The first-order chi connectivity index (χ1) is 15.4. The van der Waals surface area contributed by atoms with E-state index >= 15 is 0 Å². The van der Waals surface area contributed by atoms with E-state index in [4.69, 9.17) is 4.74 Å². The summed E-state index contributed by atoms with van der Waals surface area (Å²) >= 11 is 0. The second-order valence-electron chi connectivity index (χ2n) is 9.79. The molecule has 4 atom stereocenters. The Kier molecular flexibility index (Phi) is 5.10. The fraction of sp³-hybridized carbons (Fsp3) is 0.600. The van der Waals surface area contributed by atoms with Crippen molar-refractivity contribution in [3.63, 3.8) is 0 Å². The Morgan fingerprint density at radius 2 is 1.75 bits per heavy atom. The molecule has 7 nitrogen and oxygen atoms in total. The van der Waals surface area contributed by atoms with Crippen LogP contribution in [0.2, 0.25) is 0 Å². The van der Waals surface area contributed by atoms with E-state index in [1.807, 2.05) is 36.1 Å². The number of para-hydroxylation sites is 1. The first kappa shape index (κ1) is 21.2. The molecular weight excluding hydrogens is 408 g/mol. The van der Waals surface area contributed by atoms with Gasteiger partial charge >= 0.3 is 5.97 Å². The Morgan fingerprint density at radius 1 is 1.06 bits per heavy atom. The summed E-state index contributed by atoms with van der Waals surface area (Å²) < 4.78 is 5.98. The van der Waals surface area contributed by atoms with Crippen LogP contribution in [0.15, 0.2) is 24.3 Å². The molecular formula is C25H30N2O5. The van der Waals surface area contributed by atoms with Gasteiger partial charge in [-0.15, -0.1) is 0 Å². The number of rotatable bonds is 4. The third-order valence-corrected chi connectivity index (χ3v) is 7.85. The summed E-state index contributed by atoms with van der Waals surface area (Å²) in [6.07, 6.45) is 6.13. The third kappa shape index (κ3) is 2.93. The molecule has 1 aromatic rings. The number of likely N-dealkylation sites (tertiary alicyclic amines) is 1. The summed E-state index contributed by atoms with van der Waals surface area (Å²) in [6.45, 7) is 3.41. The monoisotopic (exact) mass is 438 g/mol. The lowest BCUT2D eigenvalue weighted by atomic mass is 9.79. The van der Waals surface area contributed by atoms with Crippen LogP contribution in [0.25, 0.3) is 0 Å². The number of amides is 2. The zero-order valence-electron chi connectivity index (χ0n) is 18.7. The van der Waals surface area contributed by atoms with Crippen molar-refractivity contribution in [2.24, 2.45) is 5.92 Å². The predicted octanol–water partition coefficient (Wildman–Crippen LogP) is 2.92. The number of ether oxygens (including phenoxy) is 1.